The first-order valence-corrected chi connectivity index (χ1v) is 5.16. The Balaban J connectivity index is 2.06. The molecule has 1 aromatic heterocycles. The molecule has 17 heavy (non-hydrogen) atoms. The molecule has 0 spiro atoms. The molecule has 0 unspecified atom stereocenters. The Kier molecular flexibility index (Phi) is 3.39. The molecule has 0 saturated heterocycles. The average molecular weight is 237 g/mol. The van der Waals surface area contributed by atoms with Gasteiger partial charge in [0, 0.05) is 6.07 Å². The number of benzene rings is 1. The molecule has 2 aromatic rings. The van der Waals surface area contributed by atoms with E-state index in [1.54, 1.807) is 19.1 Å². The molecule has 90 valence electrons. The summed E-state index contributed by atoms with van der Waals surface area (Å²) in [5, 5.41) is 12.8. The summed E-state index contributed by atoms with van der Waals surface area (Å²) in [4.78, 5) is 0. The van der Waals surface area contributed by atoms with Gasteiger partial charge in [-0.15, -0.1) is 0 Å². The fraction of sp³-hybridized carbons (Fsp3) is 0.250. The van der Waals surface area contributed by atoms with Gasteiger partial charge in [-0.25, -0.2) is 4.39 Å². The molecule has 2 rings (SSSR count). The van der Waals surface area contributed by atoms with Crippen LogP contribution in [0.1, 0.15) is 24.4 Å². The number of nitrogens with zero attached hydrogens (tertiary/aromatic N) is 1. The molecule has 1 aromatic carbocycles. The average Bonchev–Trinajstić information content (AvgIpc) is 2.80. The Morgan fingerprint density at radius 1 is 1.47 bits per heavy atom. The van der Waals surface area contributed by atoms with E-state index < -0.39 is 11.9 Å². The van der Waals surface area contributed by atoms with Crippen molar-refractivity contribution in [3.63, 3.8) is 0 Å². The Bertz CT molecular complexity index is 483. The van der Waals surface area contributed by atoms with Crippen molar-refractivity contribution >= 4 is 0 Å². The van der Waals surface area contributed by atoms with Crippen LogP contribution in [0.15, 0.2) is 35.0 Å². The molecular weight excluding hydrogens is 225 g/mol. The number of hydrogen-bond acceptors (Lipinski definition) is 4. The fourth-order valence-electron chi connectivity index (χ4n) is 1.36. The van der Waals surface area contributed by atoms with Crippen molar-refractivity contribution in [2.24, 2.45) is 0 Å². The second-order valence-corrected chi connectivity index (χ2v) is 3.63. The van der Waals surface area contributed by atoms with E-state index in [2.05, 4.69) is 5.16 Å². The van der Waals surface area contributed by atoms with Crippen LogP contribution < -0.4 is 4.74 Å². The molecule has 0 fully saturated rings. The summed E-state index contributed by atoms with van der Waals surface area (Å²) in [5.74, 6) is 0.123. The summed E-state index contributed by atoms with van der Waals surface area (Å²) in [6, 6.07) is 5.99. The van der Waals surface area contributed by atoms with Crippen LogP contribution in [0.25, 0.3) is 0 Å². The Morgan fingerprint density at radius 3 is 2.88 bits per heavy atom. The van der Waals surface area contributed by atoms with Crippen LogP contribution in [0.3, 0.4) is 0 Å². The summed E-state index contributed by atoms with van der Waals surface area (Å²) in [7, 11) is 0. The van der Waals surface area contributed by atoms with Crippen molar-refractivity contribution < 1.29 is 18.8 Å². The summed E-state index contributed by atoms with van der Waals surface area (Å²) in [5.41, 5.74) is 0.509. The van der Waals surface area contributed by atoms with Gasteiger partial charge in [-0.2, -0.15) is 0 Å². The van der Waals surface area contributed by atoms with E-state index >= 15 is 0 Å². The van der Waals surface area contributed by atoms with E-state index in [9.17, 15) is 9.50 Å². The van der Waals surface area contributed by atoms with Gasteiger partial charge in [0.2, 0.25) is 0 Å². The van der Waals surface area contributed by atoms with Crippen molar-refractivity contribution in [1.82, 2.24) is 5.16 Å². The second kappa shape index (κ2) is 4.97. The van der Waals surface area contributed by atoms with Crippen molar-refractivity contribution in [3.8, 4) is 5.75 Å². The van der Waals surface area contributed by atoms with E-state index in [4.69, 9.17) is 9.26 Å². The molecular formula is C12H12FNO3. The van der Waals surface area contributed by atoms with Crippen molar-refractivity contribution in [3.05, 3.63) is 47.6 Å². The largest absolute Gasteiger partial charge is 0.482 e. The number of ether oxygens (including phenoxy) is 1. The lowest BCUT2D eigenvalue weighted by Gasteiger charge is -2.08. The van der Waals surface area contributed by atoms with Crippen molar-refractivity contribution in [2.75, 3.05) is 0 Å². The van der Waals surface area contributed by atoms with E-state index in [-0.39, 0.29) is 12.4 Å². The first kappa shape index (κ1) is 11.6. The van der Waals surface area contributed by atoms with Crippen LogP contribution >= 0.6 is 0 Å². The quantitative estimate of drug-likeness (QED) is 0.887. The number of hydrogen-bond donors (Lipinski definition) is 1. The van der Waals surface area contributed by atoms with Gasteiger partial charge in [0.05, 0.1) is 12.3 Å². The van der Waals surface area contributed by atoms with E-state index in [1.807, 2.05) is 0 Å². The first-order chi connectivity index (χ1) is 8.16. The van der Waals surface area contributed by atoms with Gasteiger partial charge in [0.25, 0.3) is 0 Å². The third kappa shape index (κ3) is 2.82. The Morgan fingerprint density at radius 2 is 2.29 bits per heavy atom. The molecule has 1 heterocycles. The predicted molar refractivity (Wildman–Crippen MR) is 57.9 cm³/mol. The van der Waals surface area contributed by atoms with Gasteiger partial charge in [-0.05, 0) is 24.6 Å². The molecule has 1 atom stereocenters. The van der Waals surface area contributed by atoms with Crippen LogP contribution in [0.5, 0.6) is 5.75 Å². The standard InChI is InChI=1S/C12H12FNO3/c1-8(15)9-2-3-12(11(13)6-9)16-7-10-4-5-14-17-10/h2-6,8,15H,7H2,1H3/t8-/m0/s1. The molecule has 5 heteroatoms. The number of rotatable bonds is 4. The van der Waals surface area contributed by atoms with Crippen LogP contribution in [-0.2, 0) is 6.61 Å². The molecule has 0 aliphatic heterocycles. The number of aliphatic hydroxyl groups is 1. The molecule has 0 aliphatic carbocycles. The second-order valence-electron chi connectivity index (χ2n) is 3.63. The van der Waals surface area contributed by atoms with Gasteiger partial charge in [0.1, 0.15) is 6.61 Å². The highest BCUT2D eigenvalue weighted by atomic mass is 19.1. The van der Waals surface area contributed by atoms with Crippen LogP contribution in [0, 0.1) is 5.82 Å². The Hall–Kier alpha value is -1.88. The minimum absolute atomic E-state index is 0.116. The van der Waals surface area contributed by atoms with Gasteiger partial charge in [0.15, 0.2) is 17.3 Å². The maximum Gasteiger partial charge on any atom is 0.174 e. The van der Waals surface area contributed by atoms with Gasteiger partial charge in [-0.1, -0.05) is 11.2 Å². The predicted octanol–water partition coefficient (Wildman–Crippen LogP) is 2.45. The van der Waals surface area contributed by atoms with E-state index in [1.165, 1.54) is 18.3 Å². The van der Waals surface area contributed by atoms with Crippen LogP contribution in [0.2, 0.25) is 0 Å². The number of aromatic nitrogens is 1. The van der Waals surface area contributed by atoms with Gasteiger partial charge >= 0.3 is 0 Å². The first-order valence-electron chi connectivity index (χ1n) is 5.16. The maximum absolute atomic E-state index is 13.6. The van der Waals surface area contributed by atoms with Gasteiger partial charge in [-0.3, -0.25) is 0 Å². The summed E-state index contributed by atoms with van der Waals surface area (Å²) in [6.45, 7) is 1.69. The number of aliphatic hydroxyl groups excluding tert-OH is 1. The number of halogens is 1. The molecule has 0 aliphatic rings. The van der Waals surface area contributed by atoms with Crippen molar-refractivity contribution in [2.45, 2.75) is 19.6 Å². The zero-order valence-electron chi connectivity index (χ0n) is 9.26. The highest BCUT2D eigenvalue weighted by molar-refractivity contribution is 5.30. The van der Waals surface area contributed by atoms with Crippen LogP contribution in [0.4, 0.5) is 4.39 Å². The monoisotopic (exact) mass is 237 g/mol. The van der Waals surface area contributed by atoms with Gasteiger partial charge < -0.3 is 14.4 Å². The zero-order chi connectivity index (χ0) is 12.3. The normalized spacial score (nSPS) is 12.4. The molecule has 0 radical (unpaired) electrons. The van der Waals surface area contributed by atoms with E-state index in [0.29, 0.717) is 11.3 Å². The summed E-state index contributed by atoms with van der Waals surface area (Å²) < 4.78 is 23.6. The SMILES string of the molecule is C[C@H](O)c1ccc(OCc2ccno2)c(F)c1. The van der Waals surface area contributed by atoms with Crippen molar-refractivity contribution in [1.29, 1.82) is 0 Å². The maximum atomic E-state index is 13.6. The van der Waals surface area contributed by atoms with Crippen LogP contribution in [-0.4, -0.2) is 10.3 Å². The van der Waals surface area contributed by atoms with E-state index in [0.717, 1.165) is 0 Å². The minimum atomic E-state index is -0.701. The fourth-order valence-corrected chi connectivity index (χ4v) is 1.36. The molecule has 4 nitrogen and oxygen atoms in total. The highest BCUT2D eigenvalue weighted by Crippen LogP contribution is 2.22. The topological polar surface area (TPSA) is 55.5 Å². The zero-order valence-corrected chi connectivity index (χ0v) is 9.26. The highest BCUT2D eigenvalue weighted by Gasteiger charge is 2.08. The lowest BCUT2D eigenvalue weighted by Crippen LogP contribution is -1.98. The molecule has 0 amide bonds. The third-order valence-corrected chi connectivity index (χ3v) is 2.30. The minimum Gasteiger partial charge on any atom is -0.482 e. The molecule has 0 saturated carbocycles. The summed E-state index contributed by atoms with van der Waals surface area (Å²) >= 11 is 0. The smallest absolute Gasteiger partial charge is 0.174 e. The lowest BCUT2D eigenvalue weighted by atomic mass is 10.1. The summed E-state index contributed by atoms with van der Waals surface area (Å²) in [6.07, 6.45) is 0.791. The molecule has 0 bridgehead atoms. The molecule has 1 N–H and O–H groups in total. The Labute approximate surface area is 97.6 Å². The lowest BCUT2D eigenvalue weighted by molar-refractivity contribution is 0.198. The third-order valence-electron chi connectivity index (χ3n) is 2.30.